The molecule has 0 aliphatic rings. The summed E-state index contributed by atoms with van der Waals surface area (Å²) < 4.78 is 6.25. The highest BCUT2D eigenvalue weighted by Crippen LogP contribution is 2.23. The first-order chi connectivity index (χ1) is 10.5. The lowest BCUT2D eigenvalue weighted by atomic mass is 10.2. The third-order valence-corrected chi connectivity index (χ3v) is 3.38. The summed E-state index contributed by atoms with van der Waals surface area (Å²) in [7, 11) is 3.42. The number of halogens is 1. The van der Waals surface area contributed by atoms with Gasteiger partial charge in [-0.25, -0.2) is 4.79 Å². The average molecular weight is 372 g/mol. The van der Waals surface area contributed by atoms with Crippen LogP contribution >= 0.6 is 15.9 Å². The number of likely N-dealkylation sites (N-methyl/N-ethyl adjacent to an activating group) is 1. The molecule has 0 saturated carbocycles. The molecule has 0 unspecified atom stereocenters. The van der Waals surface area contributed by atoms with Crippen molar-refractivity contribution in [2.24, 2.45) is 0 Å². The smallest absolute Gasteiger partial charge is 0.321 e. The summed E-state index contributed by atoms with van der Waals surface area (Å²) in [6.07, 6.45) is 0.824. The lowest BCUT2D eigenvalue weighted by molar-refractivity contribution is -0.120. The van der Waals surface area contributed by atoms with E-state index in [-0.39, 0.29) is 12.5 Å². The van der Waals surface area contributed by atoms with Crippen molar-refractivity contribution in [2.75, 3.05) is 27.2 Å². The fraction of sp³-hybridized carbons (Fsp3) is 0.467. The third kappa shape index (κ3) is 6.44. The largest absolute Gasteiger partial charge is 0.496 e. The maximum atomic E-state index is 11.8. The van der Waals surface area contributed by atoms with Crippen LogP contribution in [0.2, 0.25) is 0 Å². The van der Waals surface area contributed by atoms with Crippen molar-refractivity contribution in [3.05, 3.63) is 28.2 Å². The van der Waals surface area contributed by atoms with E-state index in [1.54, 1.807) is 7.11 Å². The van der Waals surface area contributed by atoms with Gasteiger partial charge in [-0.15, -0.1) is 0 Å². The van der Waals surface area contributed by atoms with Gasteiger partial charge in [-0.05, 0) is 31.7 Å². The number of nitrogens with one attached hydrogen (secondary N) is 2. The van der Waals surface area contributed by atoms with E-state index in [4.69, 9.17) is 4.74 Å². The van der Waals surface area contributed by atoms with Crippen LogP contribution in [0.4, 0.5) is 4.79 Å². The van der Waals surface area contributed by atoms with Crippen molar-refractivity contribution in [1.29, 1.82) is 0 Å². The van der Waals surface area contributed by atoms with E-state index in [0.29, 0.717) is 13.1 Å². The summed E-state index contributed by atoms with van der Waals surface area (Å²) in [5, 5.41) is 4.90. The molecule has 0 aromatic heterocycles. The monoisotopic (exact) mass is 371 g/mol. The summed E-state index contributed by atoms with van der Waals surface area (Å²) in [5.74, 6) is 0.418. The van der Waals surface area contributed by atoms with Gasteiger partial charge in [0.2, 0.25) is 5.91 Å². The third-order valence-electron chi connectivity index (χ3n) is 2.88. The SMILES string of the molecule is CCCNC(=O)NC(=O)CN(C)Cc1cc(Br)ccc1OC. The second-order valence-corrected chi connectivity index (χ2v) is 5.85. The normalized spacial score (nSPS) is 10.4. The second kappa shape index (κ2) is 9.42. The Labute approximate surface area is 139 Å². The van der Waals surface area contributed by atoms with Gasteiger partial charge in [-0.2, -0.15) is 0 Å². The molecule has 0 atom stereocenters. The van der Waals surface area contributed by atoms with Crippen molar-refractivity contribution in [1.82, 2.24) is 15.5 Å². The second-order valence-electron chi connectivity index (χ2n) is 4.93. The zero-order valence-electron chi connectivity index (χ0n) is 13.1. The Morgan fingerprint density at radius 2 is 2.09 bits per heavy atom. The van der Waals surface area contributed by atoms with Crippen molar-refractivity contribution in [3.63, 3.8) is 0 Å². The van der Waals surface area contributed by atoms with Gasteiger partial charge in [0.25, 0.3) is 0 Å². The van der Waals surface area contributed by atoms with E-state index < -0.39 is 6.03 Å². The number of rotatable bonds is 7. The van der Waals surface area contributed by atoms with Crippen LogP contribution < -0.4 is 15.4 Å². The quantitative estimate of drug-likeness (QED) is 0.769. The first kappa shape index (κ1) is 18.4. The van der Waals surface area contributed by atoms with Crippen LogP contribution in [0.5, 0.6) is 5.75 Å². The molecule has 1 aromatic rings. The fourth-order valence-electron chi connectivity index (χ4n) is 1.91. The van der Waals surface area contributed by atoms with Crippen molar-refractivity contribution in [3.8, 4) is 5.75 Å². The Morgan fingerprint density at radius 3 is 2.73 bits per heavy atom. The van der Waals surface area contributed by atoms with Gasteiger partial charge in [0.05, 0.1) is 13.7 Å². The number of ether oxygens (including phenoxy) is 1. The molecule has 7 heteroatoms. The van der Waals surface area contributed by atoms with E-state index >= 15 is 0 Å². The zero-order valence-corrected chi connectivity index (χ0v) is 14.7. The molecule has 0 spiro atoms. The molecule has 1 rings (SSSR count). The number of nitrogens with zero attached hydrogens (tertiary/aromatic N) is 1. The minimum Gasteiger partial charge on any atom is -0.496 e. The Bertz CT molecular complexity index is 523. The number of benzene rings is 1. The van der Waals surface area contributed by atoms with E-state index in [2.05, 4.69) is 26.6 Å². The lowest BCUT2D eigenvalue weighted by Gasteiger charge is -2.18. The maximum Gasteiger partial charge on any atom is 0.321 e. The minimum absolute atomic E-state index is 0.120. The number of hydrogen-bond acceptors (Lipinski definition) is 4. The molecular formula is C15H22BrN3O3. The zero-order chi connectivity index (χ0) is 16.5. The van der Waals surface area contributed by atoms with Gasteiger partial charge in [-0.3, -0.25) is 15.0 Å². The molecule has 122 valence electrons. The van der Waals surface area contributed by atoms with Crippen molar-refractivity contribution < 1.29 is 14.3 Å². The summed E-state index contributed by atoms with van der Waals surface area (Å²) >= 11 is 3.42. The molecular weight excluding hydrogens is 350 g/mol. The van der Waals surface area contributed by atoms with Gasteiger partial charge in [0.1, 0.15) is 5.75 Å². The molecule has 1 aromatic carbocycles. The number of methoxy groups -OCH3 is 1. The number of hydrogen-bond donors (Lipinski definition) is 2. The average Bonchev–Trinajstić information content (AvgIpc) is 2.45. The minimum atomic E-state index is -0.458. The standard InChI is InChI=1S/C15H22BrN3O3/c1-4-7-17-15(21)18-14(20)10-19(2)9-11-8-12(16)5-6-13(11)22-3/h5-6,8H,4,7,9-10H2,1-3H3,(H2,17,18,20,21). The highest BCUT2D eigenvalue weighted by Gasteiger charge is 2.12. The van der Waals surface area contributed by atoms with E-state index in [9.17, 15) is 9.59 Å². The number of imide groups is 1. The van der Waals surface area contributed by atoms with Crippen LogP contribution in [0.25, 0.3) is 0 Å². The van der Waals surface area contributed by atoms with Crippen LogP contribution in [-0.2, 0) is 11.3 Å². The van der Waals surface area contributed by atoms with Gasteiger partial charge < -0.3 is 10.1 Å². The summed E-state index contributed by atoms with van der Waals surface area (Å²) in [4.78, 5) is 25.0. The lowest BCUT2D eigenvalue weighted by Crippen LogP contribution is -2.43. The van der Waals surface area contributed by atoms with Crippen molar-refractivity contribution in [2.45, 2.75) is 19.9 Å². The molecule has 0 radical (unpaired) electrons. The Hall–Kier alpha value is -1.60. The molecule has 3 amide bonds. The van der Waals surface area contributed by atoms with Gasteiger partial charge in [0, 0.05) is 23.1 Å². The molecule has 6 nitrogen and oxygen atoms in total. The summed E-state index contributed by atoms with van der Waals surface area (Å²) in [5.41, 5.74) is 0.961. The summed E-state index contributed by atoms with van der Waals surface area (Å²) in [6.45, 7) is 3.15. The first-order valence-electron chi connectivity index (χ1n) is 7.05. The van der Waals surface area contributed by atoms with Crippen LogP contribution in [0, 0.1) is 0 Å². The number of carbonyl (C=O) groups excluding carboxylic acids is 2. The van der Waals surface area contributed by atoms with Gasteiger partial charge in [-0.1, -0.05) is 22.9 Å². The fourth-order valence-corrected chi connectivity index (χ4v) is 2.32. The van der Waals surface area contributed by atoms with Gasteiger partial charge in [0.15, 0.2) is 0 Å². The predicted octanol–water partition coefficient (Wildman–Crippen LogP) is 2.13. The molecule has 0 aliphatic carbocycles. The van der Waals surface area contributed by atoms with E-state index in [1.807, 2.05) is 37.1 Å². The number of amides is 3. The van der Waals surface area contributed by atoms with E-state index in [1.165, 1.54) is 0 Å². The summed E-state index contributed by atoms with van der Waals surface area (Å²) in [6, 6.07) is 5.25. The maximum absolute atomic E-state index is 11.8. The first-order valence-corrected chi connectivity index (χ1v) is 7.84. The van der Waals surface area contributed by atoms with Crippen LogP contribution in [-0.4, -0.2) is 44.1 Å². The van der Waals surface area contributed by atoms with Crippen molar-refractivity contribution >= 4 is 27.9 Å². The molecule has 22 heavy (non-hydrogen) atoms. The molecule has 0 saturated heterocycles. The molecule has 2 N–H and O–H groups in total. The Kier molecular flexibility index (Phi) is 7.90. The molecule has 0 fully saturated rings. The molecule has 0 bridgehead atoms. The Morgan fingerprint density at radius 1 is 1.36 bits per heavy atom. The molecule has 0 aliphatic heterocycles. The highest BCUT2D eigenvalue weighted by molar-refractivity contribution is 9.10. The van der Waals surface area contributed by atoms with E-state index in [0.717, 1.165) is 22.2 Å². The topological polar surface area (TPSA) is 70.7 Å². The number of carbonyl (C=O) groups is 2. The van der Waals surface area contributed by atoms with Gasteiger partial charge >= 0.3 is 6.03 Å². The highest BCUT2D eigenvalue weighted by atomic mass is 79.9. The van der Waals surface area contributed by atoms with Crippen LogP contribution in [0.15, 0.2) is 22.7 Å². The predicted molar refractivity (Wildman–Crippen MR) is 88.9 cm³/mol. The molecule has 0 heterocycles. The van der Waals surface area contributed by atoms with Crippen LogP contribution in [0.3, 0.4) is 0 Å². The van der Waals surface area contributed by atoms with Crippen LogP contribution in [0.1, 0.15) is 18.9 Å². The number of urea groups is 1. The Balaban J connectivity index is 2.52.